The number of carbonyl (C=O) groups is 1. The SMILES string of the molecule is C[C@]12CC[C@@H]3[C@H](CC[C@@]4(O)C[C@@H](O)CC[C@]34CO)[C@@]13CC[C@H]2[C@@H]1CC(=O)O[C@H]1O3. The van der Waals surface area contributed by atoms with Crippen LogP contribution in [0.25, 0.3) is 0 Å². The molecule has 6 aliphatic rings. The lowest BCUT2D eigenvalue weighted by Gasteiger charge is -2.68. The lowest BCUT2D eigenvalue weighted by atomic mass is 9.41. The molecule has 6 rings (SSSR count). The molecule has 6 nitrogen and oxygen atoms in total. The fourth-order valence-electron chi connectivity index (χ4n) is 9.51. The summed E-state index contributed by atoms with van der Waals surface area (Å²) < 4.78 is 12.4. The van der Waals surface area contributed by atoms with E-state index < -0.39 is 23.4 Å². The molecule has 29 heavy (non-hydrogen) atoms. The van der Waals surface area contributed by atoms with Crippen molar-refractivity contribution in [1.29, 1.82) is 0 Å². The van der Waals surface area contributed by atoms with E-state index >= 15 is 0 Å². The third-order valence-electron chi connectivity index (χ3n) is 10.8. The fraction of sp³-hybridized carbons (Fsp3) is 0.957. The molecule has 0 spiro atoms. The molecule has 0 radical (unpaired) electrons. The molecule has 2 heterocycles. The molecular formula is C23H34O6. The van der Waals surface area contributed by atoms with Gasteiger partial charge < -0.3 is 24.8 Å². The smallest absolute Gasteiger partial charge is 0.308 e. The van der Waals surface area contributed by atoms with Crippen LogP contribution in [0.15, 0.2) is 0 Å². The number of aliphatic hydroxyl groups is 3. The maximum Gasteiger partial charge on any atom is 0.308 e. The Bertz CT molecular complexity index is 741. The van der Waals surface area contributed by atoms with Gasteiger partial charge in [-0.25, -0.2) is 0 Å². The van der Waals surface area contributed by atoms with Crippen LogP contribution in [0.5, 0.6) is 0 Å². The Hall–Kier alpha value is -0.690. The van der Waals surface area contributed by atoms with Gasteiger partial charge in [0, 0.05) is 23.2 Å². The second kappa shape index (κ2) is 5.76. The van der Waals surface area contributed by atoms with Crippen molar-refractivity contribution in [2.24, 2.45) is 34.5 Å². The number of hydrogen-bond donors (Lipinski definition) is 3. The molecule has 6 heteroatoms. The van der Waals surface area contributed by atoms with E-state index in [0.29, 0.717) is 38.0 Å². The van der Waals surface area contributed by atoms with Crippen LogP contribution >= 0.6 is 0 Å². The lowest BCUT2D eigenvalue weighted by Crippen LogP contribution is -2.71. The van der Waals surface area contributed by atoms with Gasteiger partial charge in [-0.05, 0) is 69.1 Å². The molecule has 2 saturated heterocycles. The summed E-state index contributed by atoms with van der Waals surface area (Å²) in [7, 11) is 0. The Kier molecular flexibility index (Phi) is 3.78. The summed E-state index contributed by atoms with van der Waals surface area (Å²) in [6, 6.07) is 0. The Morgan fingerprint density at radius 2 is 1.79 bits per heavy atom. The second-order valence-corrected chi connectivity index (χ2v) is 11.3. The molecule has 0 aromatic heterocycles. The average Bonchev–Trinajstić information content (AvgIpc) is 3.13. The zero-order valence-electron chi connectivity index (χ0n) is 17.3. The van der Waals surface area contributed by atoms with Crippen LogP contribution in [0.1, 0.15) is 71.1 Å². The molecule has 0 unspecified atom stereocenters. The zero-order valence-corrected chi connectivity index (χ0v) is 17.3. The molecule has 0 amide bonds. The van der Waals surface area contributed by atoms with Gasteiger partial charge in [0.15, 0.2) is 0 Å². The van der Waals surface area contributed by atoms with Crippen molar-refractivity contribution in [1.82, 2.24) is 0 Å². The molecule has 10 atom stereocenters. The Labute approximate surface area is 172 Å². The Morgan fingerprint density at radius 1 is 1.03 bits per heavy atom. The third kappa shape index (κ3) is 2.05. The minimum atomic E-state index is -1.00. The van der Waals surface area contributed by atoms with E-state index in [0.717, 1.165) is 32.1 Å². The molecule has 4 aliphatic carbocycles. The summed E-state index contributed by atoms with van der Waals surface area (Å²) >= 11 is 0. The van der Waals surface area contributed by atoms with Gasteiger partial charge >= 0.3 is 5.97 Å². The van der Waals surface area contributed by atoms with Crippen molar-refractivity contribution in [3.05, 3.63) is 0 Å². The first-order valence-electron chi connectivity index (χ1n) is 11.7. The van der Waals surface area contributed by atoms with E-state index in [9.17, 15) is 20.1 Å². The van der Waals surface area contributed by atoms with Crippen LogP contribution in [0, 0.1) is 34.5 Å². The highest BCUT2D eigenvalue weighted by Gasteiger charge is 2.75. The van der Waals surface area contributed by atoms with Gasteiger partial charge in [-0.2, -0.15) is 0 Å². The fourth-order valence-corrected chi connectivity index (χ4v) is 9.51. The van der Waals surface area contributed by atoms with Crippen LogP contribution in [0.2, 0.25) is 0 Å². The minimum absolute atomic E-state index is 0.0313. The van der Waals surface area contributed by atoms with Gasteiger partial charge in [-0.1, -0.05) is 6.92 Å². The molecule has 0 aromatic rings. The normalized spacial score (nSPS) is 60.6. The summed E-state index contributed by atoms with van der Waals surface area (Å²) in [5.41, 5.74) is -1.86. The van der Waals surface area contributed by atoms with E-state index in [2.05, 4.69) is 6.92 Å². The van der Waals surface area contributed by atoms with E-state index in [-0.39, 0.29) is 41.3 Å². The van der Waals surface area contributed by atoms with Crippen LogP contribution in [0.4, 0.5) is 0 Å². The van der Waals surface area contributed by atoms with Crippen LogP contribution in [-0.4, -0.2) is 51.5 Å². The average molecular weight is 407 g/mol. The van der Waals surface area contributed by atoms with Gasteiger partial charge in [-0.3, -0.25) is 4.79 Å². The predicted octanol–water partition coefficient (Wildman–Crippen LogP) is 2.14. The van der Waals surface area contributed by atoms with Crippen molar-refractivity contribution in [2.75, 3.05) is 6.61 Å². The van der Waals surface area contributed by atoms with Gasteiger partial charge in [0.05, 0.1) is 30.3 Å². The number of esters is 1. The number of carbonyl (C=O) groups excluding carboxylic acids is 1. The maximum atomic E-state index is 12.0. The number of ether oxygens (including phenoxy) is 2. The van der Waals surface area contributed by atoms with E-state index in [1.165, 1.54) is 0 Å². The zero-order chi connectivity index (χ0) is 20.2. The maximum absolute atomic E-state index is 12.0. The van der Waals surface area contributed by atoms with E-state index in [4.69, 9.17) is 9.47 Å². The van der Waals surface area contributed by atoms with Gasteiger partial charge in [0.25, 0.3) is 0 Å². The lowest BCUT2D eigenvalue weighted by molar-refractivity contribution is -0.335. The molecule has 162 valence electrons. The number of hydrogen-bond acceptors (Lipinski definition) is 6. The highest BCUT2D eigenvalue weighted by Crippen LogP contribution is 2.74. The molecular weight excluding hydrogens is 372 g/mol. The molecule has 6 fully saturated rings. The molecule has 2 bridgehead atoms. The van der Waals surface area contributed by atoms with Gasteiger partial charge in [-0.15, -0.1) is 0 Å². The Balaban J connectivity index is 1.42. The van der Waals surface area contributed by atoms with Crippen molar-refractivity contribution < 1.29 is 29.6 Å². The molecule has 2 aliphatic heterocycles. The predicted molar refractivity (Wildman–Crippen MR) is 102 cm³/mol. The van der Waals surface area contributed by atoms with Crippen molar-refractivity contribution in [2.45, 2.75) is 94.7 Å². The summed E-state index contributed by atoms with van der Waals surface area (Å²) in [6.45, 7) is 2.34. The molecule has 4 saturated carbocycles. The van der Waals surface area contributed by atoms with Crippen LogP contribution in [-0.2, 0) is 14.3 Å². The number of fused-ring (bicyclic) bond motifs is 5. The largest absolute Gasteiger partial charge is 0.435 e. The topological polar surface area (TPSA) is 96.2 Å². The van der Waals surface area contributed by atoms with Crippen molar-refractivity contribution in [3.8, 4) is 0 Å². The van der Waals surface area contributed by atoms with Crippen LogP contribution < -0.4 is 0 Å². The third-order valence-corrected chi connectivity index (χ3v) is 10.8. The summed E-state index contributed by atoms with van der Waals surface area (Å²) in [5, 5.41) is 32.5. The van der Waals surface area contributed by atoms with Crippen molar-refractivity contribution in [3.63, 3.8) is 0 Å². The first-order valence-corrected chi connectivity index (χ1v) is 11.7. The molecule has 0 aromatic carbocycles. The van der Waals surface area contributed by atoms with Gasteiger partial charge in [0.2, 0.25) is 6.29 Å². The standard InChI is InChI=1S/C23H34O6/c1-20-6-3-16-17(4-8-22(27)11-13(25)2-7-21(16,22)12-24)23(20)9-5-15(20)14-10-18(26)28-19(14)29-23/h13-17,19,24-25,27H,2-12H2,1H3/t13-,14-,15-,16+,17-,19-,20+,21-,22+,23-/m0/s1. The quantitative estimate of drug-likeness (QED) is 0.578. The first-order chi connectivity index (χ1) is 13.8. The number of aliphatic hydroxyl groups excluding tert-OH is 2. The monoisotopic (exact) mass is 406 g/mol. The highest BCUT2D eigenvalue weighted by molar-refractivity contribution is 5.72. The minimum Gasteiger partial charge on any atom is -0.435 e. The van der Waals surface area contributed by atoms with Crippen molar-refractivity contribution >= 4 is 5.97 Å². The summed E-state index contributed by atoms with van der Waals surface area (Å²) in [5.74, 6) is 0.935. The Morgan fingerprint density at radius 3 is 2.59 bits per heavy atom. The van der Waals surface area contributed by atoms with E-state index in [1.807, 2.05) is 0 Å². The van der Waals surface area contributed by atoms with Gasteiger partial charge in [0.1, 0.15) is 0 Å². The second-order valence-electron chi connectivity index (χ2n) is 11.3. The number of rotatable bonds is 1. The molecule has 3 N–H and O–H groups in total. The summed E-state index contributed by atoms with van der Waals surface area (Å²) in [6.07, 6.45) is 6.76. The van der Waals surface area contributed by atoms with Crippen LogP contribution in [0.3, 0.4) is 0 Å². The van der Waals surface area contributed by atoms with E-state index in [1.54, 1.807) is 0 Å². The summed E-state index contributed by atoms with van der Waals surface area (Å²) in [4.78, 5) is 12.0. The first kappa shape index (κ1) is 19.0. The highest BCUT2D eigenvalue weighted by atomic mass is 16.7.